The number of carbonyl (C=O) groups excluding carboxylic acids is 2. The highest BCUT2D eigenvalue weighted by molar-refractivity contribution is 5.96. The third-order valence-electron chi connectivity index (χ3n) is 5.07. The molecule has 0 aliphatic carbocycles. The first-order chi connectivity index (χ1) is 16.1. The van der Waals surface area contributed by atoms with Crippen molar-refractivity contribution in [2.75, 3.05) is 44.0 Å². The molecule has 180 valence electrons. The van der Waals surface area contributed by atoms with Gasteiger partial charge in [0.05, 0.1) is 13.2 Å². The summed E-state index contributed by atoms with van der Waals surface area (Å²) in [6.07, 6.45) is 6.83. The number of nitrogens with one attached hydrogen (secondary N) is 3. The van der Waals surface area contributed by atoms with Crippen molar-refractivity contribution in [2.24, 2.45) is 0 Å². The zero-order chi connectivity index (χ0) is 23.7. The lowest BCUT2D eigenvalue weighted by atomic mass is 10.2. The number of anilines is 2. The highest BCUT2D eigenvalue weighted by Gasteiger charge is 2.07. The van der Waals surface area contributed by atoms with Gasteiger partial charge in [-0.15, -0.1) is 0 Å². The smallest absolute Gasteiger partial charge is 0.251 e. The largest absolute Gasteiger partial charge is 0.494 e. The number of hydrogen-bond acceptors (Lipinski definition) is 5. The molecule has 2 rings (SSSR count). The van der Waals surface area contributed by atoms with Crippen molar-refractivity contribution in [1.29, 1.82) is 0 Å². The molecule has 7 heteroatoms. The lowest BCUT2D eigenvalue weighted by molar-refractivity contribution is -0.114. The number of ether oxygens (including phenoxy) is 2. The van der Waals surface area contributed by atoms with Gasteiger partial charge < -0.3 is 25.4 Å². The Morgan fingerprint density at radius 1 is 0.818 bits per heavy atom. The second kappa shape index (κ2) is 15.7. The third kappa shape index (κ3) is 10.9. The van der Waals surface area contributed by atoms with Crippen LogP contribution in [-0.4, -0.2) is 45.2 Å². The molecule has 7 nitrogen and oxygen atoms in total. The Bertz CT molecular complexity index is 822. The number of benzene rings is 2. The summed E-state index contributed by atoms with van der Waals surface area (Å²) in [5.74, 6) is 0.525. The van der Waals surface area contributed by atoms with E-state index in [4.69, 9.17) is 9.47 Å². The molecular formula is C26H37N3O4. The van der Waals surface area contributed by atoms with E-state index in [2.05, 4.69) is 22.9 Å². The molecule has 0 radical (unpaired) electrons. The first-order valence-electron chi connectivity index (χ1n) is 11.8. The summed E-state index contributed by atoms with van der Waals surface area (Å²) in [6.45, 7) is 4.24. The number of methoxy groups -OCH3 is 1. The Morgan fingerprint density at radius 2 is 1.52 bits per heavy atom. The Kier molecular flexibility index (Phi) is 12.5. The van der Waals surface area contributed by atoms with Gasteiger partial charge in [-0.1, -0.05) is 32.6 Å². The maximum Gasteiger partial charge on any atom is 0.251 e. The van der Waals surface area contributed by atoms with Crippen molar-refractivity contribution >= 4 is 23.2 Å². The van der Waals surface area contributed by atoms with Gasteiger partial charge in [-0.05, 0) is 61.4 Å². The lowest BCUT2D eigenvalue weighted by Crippen LogP contribution is -2.25. The summed E-state index contributed by atoms with van der Waals surface area (Å²) in [5, 5.41) is 8.76. The van der Waals surface area contributed by atoms with Gasteiger partial charge in [0.1, 0.15) is 5.75 Å². The topological polar surface area (TPSA) is 88.7 Å². The monoisotopic (exact) mass is 455 g/mol. The van der Waals surface area contributed by atoms with Crippen LogP contribution in [0.1, 0.15) is 55.8 Å². The molecule has 0 saturated heterocycles. The zero-order valence-corrected chi connectivity index (χ0v) is 19.8. The summed E-state index contributed by atoms with van der Waals surface area (Å²) in [4.78, 5) is 24.3. The predicted molar refractivity (Wildman–Crippen MR) is 133 cm³/mol. The van der Waals surface area contributed by atoms with Crippen LogP contribution in [0.15, 0.2) is 48.5 Å². The first-order valence-corrected chi connectivity index (χ1v) is 11.8. The normalized spacial score (nSPS) is 10.5. The molecule has 0 unspecified atom stereocenters. The van der Waals surface area contributed by atoms with Crippen LogP contribution >= 0.6 is 0 Å². The average Bonchev–Trinajstić information content (AvgIpc) is 2.84. The fraction of sp³-hybridized carbons (Fsp3) is 0.462. The average molecular weight is 456 g/mol. The summed E-state index contributed by atoms with van der Waals surface area (Å²) in [5.41, 5.74) is 2.04. The number of amides is 2. The molecule has 0 aromatic heterocycles. The Morgan fingerprint density at radius 3 is 2.21 bits per heavy atom. The van der Waals surface area contributed by atoms with Crippen LogP contribution in [0.4, 0.5) is 11.4 Å². The minimum atomic E-state index is -0.167. The molecule has 0 fully saturated rings. The third-order valence-corrected chi connectivity index (χ3v) is 5.07. The molecule has 2 amide bonds. The van der Waals surface area contributed by atoms with E-state index in [0.717, 1.165) is 30.9 Å². The van der Waals surface area contributed by atoms with E-state index in [1.165, 1.54) is 25.7 Å². The minimum Gasteiger partial charge on any atom is -0.494 e. The van der Waals surface area contributed by atoms with Crippen LogP contribution in [0.2, 0.25) is 0 Å². The molecule has 2 aromatic rings. The van der Waals surface area contributed by atoms with Gasteiger partial charge in [0.25, 0.3) is 5.91 Å². The second-order valence-electron chi connectivity index (χ2n) is 7.87. The van der Waals surface area contributed by atoms with Gasteiger partial charge in [-0.2, -0.15) is 0 Å². The van der Waals surface area contributed by atoms with Crippen molar-refractivity contribution in [2.45, 2.75) is 45.4 Å². The molecule has 0 spiro atoms. The van der Waals surface area contributed by atoms with Crippen LogP contribution in [-0.2, 0) is 9.53 Å². The van der Waals surface area contributed by atoms with E-state index < -0.39 is 0 Å². The van der Waals surface area contributed by atoms with Crippen LogP contribution in [0.5, 0.6) is 5.75 Å². The molecule has 3 N–H and O–H groups in total. The van der Waals surface area contributed by atoms with Gasteiger partial charge in [0, 0.05) is 37.2 Å². The van der Waals surface area contributed by atoms with E-state index in [1.54, 1.807) is 31.4 Å². The number of rotatable bonds is 16. The zero-order valence-electron chi connectivity index (χ0n) is 19.8. The SMILES string of the molecule is CCCCCCCOc1ccc(NCC(=O)Nc2ccc(C(=O)NCCCOC)cc2)cc1. The van der Waals surface area contributed by atoms with Gasteiger partial charge in [0.2, 0.25) is 5.91 Å². The van der Waals surface area contributed by atoms with Crippen molar-refractivity contribution in [3.8, 4) is 5.75 Å². The Balaban J connectivity index is 1.67. The molecule has 0 saturated carbocycles. The standard InChI is InChI=1S/C26H37N3O4/c1-3-4-5-6-7-19-33-24-15-13-22(14-16-24)28-20-25(30)29-23-11-9-21(10-12-23)26(31)27-17-8-18-32-2/h9-16,28H,3-8,17-20H2,1-2H3,(H,27,31)(H,29,30). The lowest BCUT2D eigenvalue weighted by Gasteiger charge is -2.10. The van der Waals surface area contributed by atoms with Gasteiger partial charge >= 0.3 is 0 Å². The summed E-state index contributed by atoms with van der Waals surface area (Å²) < 4.78 is 10.7. The molecule has 0 bridgehead atoms. The Hall–Kier alpha value is -3.06. The van der Waals surface area contributed by atoms with Crippen molar-refractivity contribution in [1.82, 2.24) is 5.32 Å². The highest BCUT2D eigenvalue weighted by Crippen LogP contribution is 2.16. The van der Waals surface area contributed by atoms with Gasteiger partial charge in [-0.3, -0.25) is 9.59 Å². The fourth-order valence-corrected chi connectivity index (χ4v) is 3.18. The van der Waals surface area contributed by atoms with Crippen molar-refractivity contribution < 1.29 is 19.1 Å². The fourth-order valence-electron chi connectivity index (χ4n) is 3.18. The maximum absolute atomic E-state index is 12.2. The Labute approximate surface area is 197 Å². The van der Waals surface area contributed by atoms with Gasteiger partial charge in [0.15, 0.2) is 0 Å². The molecule has 0 aliphatic heterocycles. The second-order valence-corrected chi connectivity index (χ2v) is 7.87. The van der Waals surface area contributed by atoms with Crippen LogP contribution < -0.4 is 20.7 Å². The van der Waals surface area contributed by atoms with Crippen molar-refractivity contribution in [3.63, 3.8) is 0 Å². The van der Waals surface area contributed by atoms with Gasteiger partial charge in [-0.25, -0.2) is 0 Å². The quantitative estimate of drug-likeness (QED) is 0.315. The van der Waals surface area contributed by atoms with Crippen LogP contribution in [0, 0.1) is 0 Å². The first kappa shape index (κ1) is 26.2. The van der Waals surface area contributed by atoms with E-state index >= 15 is 0 Å². The van der Waals surface area contributed by atoms with Crippen LogP contribution in [0.3, 0.4) is 0 Å². The summed E-state index contributed by atoms with van der Waals surface area (Å²) >= 11 is 0. The predicted octanol–water partition coefficient (Wildman–Crippen LogP) is 4.85. The molecular weight excluding hydrogens is 418 g/mol. The molecule has 0 atom stereocenters. The van der Waals surface area contributed by atoms with Crippen LogP contribution in [0.25, 0.3) is 0 Å². The molecule has 33 heavy (non-hydrogen) atoms. The number of unbranched alkanes of at least 4 members (excludes halogenated alkanes) is 4. The van der Waals surface area contributed by atoms with E-state index in [9.17, 15) is 9.59 Å². The molecule has 0 aliphatic rings. The summed E-state index contributed by atoms with van der Waals surface area (Å²) in [7, 11) is 1.63. The summed E-state index contributed by atoms with van der Waals surface area (Å²) in [6, 6.07) is 14.4. The highest BCUT2D eigenvalue weighted by atomic mass is 16.5. The minimum absolute atomic E-state index is 0.138. The van der Waals surface area contributed by atoms with Crippen molar-refractivity contribution in [3.05, 3.63) is 54.1 Å². The number of carbonyl (C=O) groups is 2. The maximum atomic E-state index is 12.2. The van der Waals surface area contributed by atoms with E-state index in [1.807, 2.05) is 24.3 Å². The van der Waals surface area contributed by atoms with E-state index in [0.29, 0.717) is 24.4 Å². The van der Waals surface area contributed by atoms with E-state index in [-0.39, 0.29) is 18.4 Å². The number of hydrogen-bond donors (Lipinski definition) is 3. The molecule has 2 aromatic carbocycles. The molecule has 0 heterocycles.